The predicted octanol–water partition coefficient (Wildman–Crippen LogP) is 3.30. The molecule has 1 saturated carbocycles. The van der Waals surface area contributed by atoms with Gasteiger partial charge in [-0.3, -0.25) is 9.59 Å². The van der Waals surface area contributed by atoms with E-state index in [9.17, 15) is 9.59 Å². The number of carbonyl (C=O) groups is 2. The van der Waals surface area contributed by atoms with Gasteiger partial charge in [0, 0.05) is 18.2 Å². The maximum absolute atomic E-state index is 11.9. The number of esters is 1. The lowest BCUT2D eigenvalue weighted by Crippen LogP contribution is -2.21. The van der Waals surface area contributed by atoms with Crippen LogP contribution in [0.3, 0.4) is 0 Å². The quantitative estimate of drug-likeness (QED) is 0.799. The fourth-order valence-corrected chi connectivity index (χ4v) is 3.33. The van der Waals surface area contributed by atoms with E-state index in [0.29, 0.717) is 42.7 Å². The summed E-state index contributed by atoms with van der Waals surface area (Å²) in [6.45, 7) is 0.746. The summed E-state index contributed by atoms with van der Waals surface area (Å²) >= 11 is 0. The van der Waals surface area contributed by atoms with Crippen LogP contribution in [0.25, 0.3) is 0 Å². The van der Waals surface area contributed by atoms with Crippen LogP contribution in [0.4, 0.5) is 5.69 Å². The van der Waals surface area contributed by atoms with E-state index in [0.717, 1.165) is 6.42 Å². The summed E-state index contributed by atoms with van der Waals surface area (Å²) in [7, 11) is 0. The standard InChI is InChI=1S/C19H25NO5/c21-18(13-25-19(22)9-6-14-4-2-1-3-5-14)20-15-7-8-16-17(12-15)24-11-10-23-16/h7-8,12,14H,1-6,9-11,13H2,(H,20,21). The molecule has 0 saturated heterocycles. The van der Waals surface area contributed by atoms with E-state index in [4.69, 9.17) is 14.2 Å². The van der Waals surface area contributed by atoms with Crippen LogP contribution in [0.5, 0.6) is 11.5 Å². The summed E-state index contributed by atoms with van der Waals surface area (Å²) in [5.74, 6) is 1.24. The van der Waals surface area contributed by atoms with Gasteiger partial charge in [-0.25, -0.2) is 0 Å². The first-order chi connectivity index (χ1) is 12.2. The van der Waals surface area contributed by atoms with Crippen molar-refractivity contribution in [3.63, 3.8) is 0 Å². The van der Waals surface area contributed by atoms with E-state index >= 15 is 0 Å². The Hall–Kier alpha value is -2.24. The van der Waals surface area contributed by atoms with Crippen molar-refractivity contribution in [3.8, 4) is 11.5 Å². The van der Waals surface area contributed by atoms with E-state index in [1.807, 2.05) is 0 Å². The number of hydrogen-bond donors (Lipinski definition) is 1. The molecule has 0 bridgehead atoms. The van der Waals surface area contributed by atoms with Gasteiger partial charge in [-0.15, -0.1) is 0 Å². The molecule has 0 aromatic heterocycles. The van der Waals surface area contributed by atoms with Crippen LogP contribution in [0.2, 0.25) is 0 Å². The maximum atomic E-state index is 11.9. The molecular weight excluding hydrogens is 322 g/mol. The van der Waals surface area contributed by atoms with Gasteiger partial charge >= 0.3 is 5.97 Å². The van der Waals surface area contributed by atoms with E-state index in [-0.39, 0.29) is 18.5 Å². The van der Waals surface area contributed by atoms with Gasteiger partial charge in [-0.05, 0) is 24.5 Å². The lowest BCUT2D eigenvalue weighted by Gasteiger charge is -2.20. The summed E-state index contributed by atoms with van der Waals surface area (Å²) in [5.41, 5.74) is 0.590. The first kappa shape index (κ1) is 17.6. The Morgan fingerprint density at radius 2 is 1.84 bits per heavy atom. The average molecular weight is 347 g/mol. The van der Waals surface area contributed by atoms with Crippen molar-refractivity contribution in [2.45, 2.75) is 44.9 Å². The van der Waals surface area contributed by atoms with Gasteiger partial charge < -0.3 is 19.5 Å². The Morgan fingerprint density at radius 1 is 1.08 bits per heavy atom. The first-order valence-corrected chi connectivity index (χ1v) is 9.06. The van der Waals surface area contributed by atoms with E-state index in [2.05, 4.69) is 5.32 Å². The Labute approximate surface area is 147 Å². The van der Waals surface area contributed by atoms with Crippen molar-refractivity contribution in [2.24, 2.45) is 5.92 Å². The van der Waals surface area contributed by atoms with Crippen molar-refractivity contribution in [1.82, 2.24) is 0 Å². The van der Waals surface area contributed by atoms with Gasteiger partial charge in [-0.1, -0.05) is 32.1 Å². The molecule has 3 rings (SSSR count). The lowest BCUT2D eigenvalue weighted by molar-refractivity contribution is -0.147. The third kappa shape index (κ3) is 5.37. The molecule has 1 heterocycles. The van der Waals surface area contributed by atoms with Crippen LogP contribution >= 0.6 is 0 Å². The minimum absolute atomic E-state index is 0.266. The van der Waals surface area contributed by atoms with Crippen molar-refractivity contribution in [2.75, 3.05) is 25.1 Å². The second-order valence-corrected chi connectivity index (χ2v) is 6.61. The molecule has 6 heteroatoms. The molecule has 0 unspecified atom stereocenters. The number of carbonyl (C=O) groups excluding carboxylic acids is 2. The van der Waals surface area contributed by atoms with Gasteiger partial charge in [0.15, 0.2) is 18.1 Å². The van der Waals surface area contributed by atoms with Crippen LogP contribution in [-0.4, -0.2) is 31.7 Å². The van der Waals surface area contributed by atoms with Crippen LogP contribution in [0, 0.1) is 5.92 Å². The number of fused-ring (bicyclic) bond motifs is 1. The molecule has 0 spiro atoms. The third-order valence-electron chi connectivity index (χ3n) is 4.67. The lowest BCUT2D eigenvalue weighted by atomic mass is 9.86. The summed E-state index contributed by atoms with van der Waals surface area (Å²) in [6.07, 6.45) is 7.50. The number of anilines is 1. The summed E-state index contributed by atoms with van der Waals surface area (Å²) in [4.78, 5) is 23.7. The smallest absolute Gasteiger partial charge is 0.306 e. The third-order valence-corrected chi connectivity index (χ3v) is 4.67. The van der Waals surface area contributed by atoms with Crippen LogP contribution in [0.15, 0.2) is 18.2 Å². The molecule has 6 nitrogen and oxygen atoms in total. The molecule has 2 aliphatic rings. The highest BCUT2D eigenvalue weighted by Crippen LogP contribution is 2.32. The second-order valence-electron chi connectivity index (χ2n) is 6.61. The number of hydrogen-bond acceptors (Lipinski definition) is 5. The predicted molar refractivity (Wildman–Crippen MR) is 92.8 cm³/mol. The fourth-order valence-electron chi connectivity index (χ4n) is 3.33. The van der Waals surface area contributed by atoms with Crippen LogP contribution < -0.4 is 14.8 Å². The van der Waals surface area contributed by atoms with Gasteiger partial charge in [0.2, 0.25) is 0 Å². The molecule has 1 amide bonds. The zero-order valence-electron chi connectivity index (χ0n) is 14.4. The zero-order chi connectivity index (χ0) is 17.5. The zero-order valence-corrected chi connectivity index (χ0v) is 14.4. The van der Waals surface area contributed by atoms with Crippen molar-refractivity contribution in [3.05, 3.63) is 18.2 Å². The molecule has 1 aromatic rings. The summed E-state index contributed by atoms with van der Waals surface area (Å²) in [6, 6.07) is 5.19. The number of nitrogens with one attached hydrogen (secondary N) is 1. The van der Waals surface area contributed by atoms with Crippen LogP contribution in [-0.2, 0) is 14.3 Å². The van der Waals surface area contributed by atoms with Crippen molar-refractivity contribution in [1.29, 1.82) is 0 Å². The van der Waals surface area contributed by atoms with Gasteiger partial charge in [-0.2, -0.15) is 0 Å². The minimum atomic E-state index is -0.359. The van der Waals surface area contributed by atoms with Crippen LogP contribution in [0.1, 0.15) is 44.9 Å². The number of rotatable bonds is 6. The maximum Gasteiger partial charge on any atom is 0.306 e. The highest BCUT2D eigenvalue weighted by molar-refractivity contribution is 5.93. The first-order valence-electron chi connectivity index (χ1n) is 9.06. The minimum Gasteiger partial charge on any atom is -0.486 e. The topological polar surface area (TPSA) is 73.9 Å². The molecule has 0 atom stereocenters. The van der Waals surface area contributed by atoms with E-state index in [1.165, 1.54) is 32.1 Å². The Balaban J connectivity index is 1.38. The summed E-state index contributed by atoms with van der Waals surface area (Å²) < 4.78 is 16.0. The molecular formula is C19H25NO5. The molecule has 1 aliphatic carbocycles. The average Bonchev–Trinajstić information content (AvgIpc) is 2.65. The Morgan fingerprint density at radius 3 is 2.64 bits per heavy atom. The van der Waals surface area contributed by atoms with Crippen molar-refractivity contribution < 1.29 is 23.8 Å². The Kier molecular flexibility index (Phi) is 6.14. The molecule has 1 aliphatic heterocycles. The normalized spacial score (nSPS) is 17.0. The van der Waals surface area contributed by atoms with E-state index < -0.39 is 0 Å². The number of ether oxygens (including phenoxy) is 3. The second kappa shape index (κ2) is 8.74. The monoisotopic (exact) mass is 347 g/mol. The van der Waals surface area contributed by atoms with Crippen molar-refractivity contribution >= 4 is 17.6 Å². The van der Waals surface area contributed by atoms with Gasteiger partial charge in [0.05, 0.1) is 0 Å². The highest BCUT2D eigenvalue weighted by Gasteiger charge is 2.16. The molecule has 25 heavy (non-hydrogen) atoms. The number of amides is 1. The van der Waals surface area contributed by atoms with Gasteiger partial charge in [0.25, 0.3) is 5.91 Å². The van der Waals surface area contributed by atoms with E-state index in [1.54, 1.807) is 18.2 Å². The molecule has 1 aromatic carbocycles. The molecule has 1 N–H and O–H groups in total. The Bertz CT molecular complexity index is 610. The summed E-state index contributed by atoms with van der Waals surface area (Å²) in [5, 5.41) is 2.70. The SMILES string of the molecule is O=C(COC(=O)CCC1CCCCC1)Nc1ccc2c(c1)OCCO2. The fraction of sp³-hybridized carbons (Fsp3) is 0.579. The molecule has 136 valence electrons. The molecule has 1 fully saturated rings. The largest absolute Gasteiger partial charge is 0.486 e. The number of benzene rings is 1. The highest BCUT2D eigenvalue weighted by atomic mass is 16.6. The van der Waals surface area contributed by atoms with Gasteiger partial charge in [0.1, 0.15) is 13.2 Å². The molecule has 0 radical (unpaired) electrons.